The predicted molar refractivity (Wildman–Crippen MR) is 83.9 cm³/mol. The molecule has 0 heterocycles. The monoisotopic (exact) mass is 317 g/mol. The van der Waals surface area contributed by atoms with Crippen LogP contribution in [0.2, 0.25) is 0 Å². The highest BCUT2D eigenvalue weighted by atomic mass is 16.5. The van der Waals surface area contributed by atoms with Crippen molar-refractivity contribution in [1.82, 2.24) is 0 Å². The van der Waals surface area contributed by atoms with Crippen LogP contribution < -0.4 is 5.32 Å². The molecule has 23 heavy (non-hydrogen) atoms. The molecule has 0 radical (unpaired) electrons. The van der Waals surface area contributed by atoms with Gasteiger partial charge in [0.1, 0.15) is 0 Å². The number of aliphatic carboxylic acids is 1. The molecule has 6 heteroatoms. The molecule has 122 valence electrons. The van der Waals surface area contributed by atoms with Crippen LogP contribution in [0.15, 0.2) is 36.4 Å². The Morgan fingerprint density at radius 3 is 2.61 bits per heavy atom. The lowest BCUT2D eigenvalue weighted by atomic mass is 9.76. The molecule has 1 aliphatic carbocycles. The molecule has 3 unspecified atom stereocenters. The number of hydrogen-bond acceptors (Lipinski definition) is 4. The van der Waals surface area contributed by atoms with E-state index < -0.39 is 29.7 Å². The van der Waals surface area contributed by atoms with Crippen molar-refractivity contribution in [2.45, 2.75) is 13.3 Å². The average Bonchev–Trinajstić information content (AvgIpc) is 2.54. The largest absolute Gasteiger partial charge is 0.481 e. The Hall–Kier alpha value is -2.63. The highest BCUT2D eigenvalue weighted by Crippen LogP contribution is 2.32. The van der Waals surface area contributed by atoms with Crippen LogP contribution in [0, 0.1) is 17.8 Å². The van der Waals surface area contributed by atoms with E-state index in [1.165, 1.54) is 7.11 Å². The number of amides is 1. The maximum absolute atomic E-state index is 12.6. The van der Waals surface area contributed by atoms with Gasteiger partial charge in [0.05, 0.1) is 30.2 Å². The first kappa shape index (κ1) is 16.7. The number of carboxylic acid groups (broad SMARTS) is 1. The second kappa shape index (κ2) is 7.09. The lowest BCUT2D eigenvalue weighted by Crippen LogP contribution is -2.39. The zero-order valence-electron chi connectivity index (χ0n) is 13.0. The van der Waals surface area contributed by atoms with E-state index in [-0.39, 0.29) is 11.5 Å². The number of methoxy groups -OCH3 is 1. The Morgan fingerprint density at radius 2 is 1.96 bits per heavy atom. The van der Waals surface area contributed by atoms with Gasteiger partial charge < -0.3 is 15.2 Å². The van der Waals surface area contributed by atoms with Crippen molar-refractivity contribution in [2.75, 3.05) is 12.4 Å². The van der Waals surface area contributed by atoms with E-state index in [1.54, 1.807) is 30.3 Å². The molecule has 0 saturated carbocycles. The van der Waals surface area contributed by atoms with E-state index in [4.69, 9.17) is 0 Å². The molecular formula is C17H19NO5. The number of carbonyl (C=O) groups excluding carboxylic acids is 2. The van der Waals surface area contributed by atoms with Crippen molar-refractivity contribution in [3.05, 3.63) is 42.0 Å². The van der Waals surface area contributed by atoms with Crippen LogP contribution in [-0.4, -0.2) is 30.1 Å². The average molecular weight is 317 g/mol. The zero-order chi connectivity index (χ0) is 17.0. The standard InChI is InChI=1S/C17H19NO5/c1-10-6-5-8-12(16(20)21)14(10)15(19)18-13-9-4-3-7-11(13)17(22)23-2/h3-7,9-10,12,14H,8H2,1-2H3,(H,18,19)(H,20,21). The summed E-state index contributed by atoms with van der Waals surface area (Å²) in [5.74, 6) is -3.64. The maximum Gasteiger partial charge on any atom is 0.339 e. The molecule has 0 spiro atoms. The number of carbonyl (C=O) groups is 3. The minimum absolute atomic E-state index is 0.199. The van der Waals surface area contributed by atoms with E-state index in [2.05, 4.69) is 10.1 Å². The molecule has 1 aromatic carbocycles. The summed E-state index contributed by atoms with van der Waals surface area (Å²) in [5.41, 5.74) is 0.546. The number of allylic oxidation sites excluding steroid dienone is 2. The zero-order valence-corrected chi connectivity index (χ0v) is 13.0. The van der Waals surface area contributed by atoms with Gasteiger partial charge in [0.15, 0.2) is 0 Å². The highest BCUT2D eigenvalue weighted by molar-refractivity contribution is 6.02. The molecule has 0 aromatic heterocycles. The minimum Gasteiger partial charge on any atom is -0.481 e. The van der Waals surface area contributed by atoms with Crippen molar-refractivity contribution >= 4 is 23.5 Å². The summed E-state index contributed by atoms with van der Waals surface area (Å²) in [5, 5.41) is 12.0. The number of benzene rings is 1. The lowest BCUT2D eigenvalue weighted by Gasteiger charge is -2.29. The number of hydrogen-bond donors (Lipinski definition) is 2. The molecular weight excluding hydrogens is 298 g/mol. The Labute approximate surface area is 134 Å². The third kappa shape index (κ3) is 3.59. The SMILES string of the molecule is COC(=O)c1ccccc1NC(=O)C1C(C)C=CCC1C(=O)O. The summed E-state index contributed by atoms with van der Waals surface area (Å²) < 4.78 is 4.69. The Kier molecular flexibility index (Phi) is 5.16. The first-order chi connectivity index (χ1) is 11.0. The molecule has 0 aliphatic heterocycles. The highest BCUT2D eigenvalue weighted by Gasteiger charge is 2.38. The Morgan fingerprint density at radius 1 is 1.26 bits per heavy atom. The summed E-state index contributed by atoms with van der Waals surface area (Å²) in [6.07, 6.45) is 3.95. The summed E-state index contributed by atoms with van der Waals surface area (Å²) in [4.78, 5) is 35.7. The second-order valence-electron chi connectivity index (χ2n) is 5.52. The number of ether oxygens (including phenoxy) is 1. The van der Waals surface area contributed by atoms with Crippen molar-refractivity contribution in [2.24, 2.45) is 17.8 Å². The lowest BCUT2D eigenvalue weighted by molar-refractivity contribution is -0.147. The van der Waals surface area contributed by atoms with E-state index >= 15 is 0 Å². The number of esters is 1. The number of carboxylic acids is 1. The van der Waals surface area contributed by atoms with Gasteiger partial charge in [-0.05, 0) is 24.5 Å². The normalized spacial score (nSPS) is 23.1. The van der Waals surface area contributed by atoms with Gasteiger partial charge in [-0.1, -0.05) is 31.2 Å². The van der Waals surface area contributed by atoms with Crippen LogP contribution in [-0.2, 0) is 14.3 Å². The van der Waals surface area contributed by atoms with Gasteiger partial charge in [-0.2, -0.15) is 0 Å². The van der Waals surface area contributed by atoms with Crippen LogP contribution in [0.25, 0.3) is 0 Å². The summed E-state index contributed by atoms with van der Waals surface area (Å²) in [7, 11) is 1.26. The van der Waals surface area contributed by atoms with Crippen molar-refractivity contribution < 1.29 is 24.2 Å². The molecule has 3 atom stereocenters. The molecule has 1 amide bonds. The fourth-order valence-electron chi connectivity index (χ4n) is 2.84. The van der Waals surface area contributed by atoms with E-state index in [0.29, 0.717) is 12.1 Å². The topological polar surface area (TPSA) is 92.7 Å². The molecule has 2 rings (SSSR count). The minimum atomic E-state index is -0.998. The predicted octanol–water partition coefficient (Wildman–Crippen LogP) is 2.32. The van der Waals surface area contributed by atoms with Crippen molar-refractivity contribution in [3.63, 3.8) is 0 Å². The van der Waals surface area contributed by atoms with Crippen LogP contribution in [0.5, 0.6) is 0 Å². The van der Waals surface area contributed by atoms with Crippen LogP contribution in [0.4, 0.5) is 5.69 Å². The van der Waals surface area contributed by atoms with Gasteiger partial charge in [-0.25, -0.2) is 4.79 Å². The summed E-state index contributed by atoms with van der Waals surface area (Å²) in [6.45, 7) is 1.81. The molecule has 0 saturated heterocycles. The maximum atomic E-state index is 12.6. The molecule has 1 aliphatic rings. The van der Waals surface area contributed by atoms with Gasteiger partial charge in [-0.15, -0.1) is 0 Å². The van der Waals surface area contributed by atoms with Gasteiger partial charge in [0.2, 0.25) is 5.91 Å². The quantitative estimate of drug-likeness (QED) is 0.657. The third-order valence-electron chi connectivity index (χ3n) is 4.04. The molecule has 0 bridgehead atoms. The van der Waals surface area contributed by atoms with Gasteiger partial charge in [-0.3, -0.25) is 9.59 Å². The van der Waals surface area contributed by atoms with Crippen LogP contribution >= 0.6 is 0 Å². The smallest absolute Gasteiger partial charge is 0.339 e. The molecule has 2 N–H and O–H groups in total. The Bertz CT molecular complexity index is 652. The summed E-state index contributed by atoms with van der Waals surface area (Å²) in [6, 6.07) is 6.47. The number of anilines is 1. The van der Waals surface area contributed by atoms with Crippen LogP contribution in [0.3, 0.4) is 0 Å². The van der Waals surface area contributed by atoms with E-state index in [9.17, 15) is 19.5 Å². The number of para-hydroxylation sites is 1. The Balaban J connectivity index is 2.26. The van der Waals surface area contributed by atoms with E-state index in [1.807, 2.05) is 13.0 Å². The van der Waals surface area contributed by atoms with Gasteiger partial charge in [0, 0.05) is 0 Å². The first-order valence-electron chi connectivity index (χ1n) is 7.33. The third-order valence-corrected chi connectivity index (χ3v) is 4.04. The molecule has 0 fully saturated rings. The first-order valence-corrected chi connectivity index (χ1v) is 7.33. The summed E-state index contributed by atoms with van der Waals surface area (Å²) >= 11 is 0. The molecule has 6 nitrogen and oxygen atoms in total. The van der Waals surface area contributed by atoms with Gasteiger partial charge >= 0.3 is 11.9 Å². The molecule has 1 aromatic rings. The number of nitrogens with one attached hydrogen (secondary N) is 1. The fraction of sp³-hybridized carbons (Fsp3) is 0.353. The fourth-order valence-corrected chi connectivity index (χ4v) is 2.84. The van der Waals surface area contributed by atoms with Crippen LogP contribution in [0.1, 0.15) is 23.7 Å². The van der Waals surface area contributed by atoms with Crippen molar-refractivity contribution in [1.29, 1.82) is 0 Å². The van der Waals surface area contributed by atoms with Crippen molar-refractivity contribution in [3.8, 4) is 0 Å². The van der Waals surface area contributed by atoms with Gasteiger partial charge in [0.25, 0.3) is 0 Å². The second-order valence-corrected chi connectivity index (χ2v) is 5.52. The van der Waals surface area contributed by atoms with E-state index in [0.717, 1.165) is 0 Å². The number of rotatable bonds is 4.